The molecule has 0 aromatic heterocycles. The summed E-state index contributed by atoms with van der Waals surface area (Å²) in [7, 11) is 0. The van der Waals surface area contributed by atoms with Crippen molar-refractivity contribution in [2.24, 2.45) is 5.92 Å². The molecule has 0 saturated heterocycles. The van der Waals surface area contributed by atoms with Crippen LogP contribution in [0.4, 0.5) is 0 Å². The lowest BCUT2D eigenvalue weighted by molar-refractivity contribution is -0.132. The zero-order valence-corrected chi connectivity index (χ0v) is 18.6. The van der Waals surface area contributed by atoms with Crippen LogP contribution in [-0.4, -0.2) is 17.9 Å². The van der Waals surface area contributed by atoms with Crippen molar-refractivity contribution in [2.75, 3.05) is 0 Å². The summed E-state index contributed by atoms with van der Waals surface area (Å²) < 4.78 is 12.3. The zero-order chi connectivity index (χ0) is 21.4. The largest absolute Gasteiger partial charge is 0.487 e. The van der Waals surface area contributed by atoms with Gasteiger partial charge >= 0.3 is 5.97 Å². The minimum Gasteiger partial charge on any atom is -0.487 e. The average Bonchev–Trinajstić information content (AvgIpc) is 2.60. The molecule has 0 bridgehead atoms. The second-order valence-electron chi connectivity index (χ2n) is 9.83. The molecule has 0 fully saturated rings. The van der Waals surface area contributed by atoms with E-state index in [4.69, 9.17) is 9.47 Å². The molecule has 0 N–H and O–H groups in total. The van der Waals surface area contributed by atoms with E-state index in [-0.39, 0.29) is 22.9 Å². The van der Waals surface area contributed by atoms with Gasteiger partial charge < -0.3 is 14.3 Å². The predicted octanol–water partition coefficient (Wildman–Crippen LogP) is 5.87. The molecule has 0 radical (unpaired) electrons. The minimum atomic E-state index is -0.312. The van der Waals surface area contributed by atoms with Gasteiger partial charge in [-0.1, -0.05) is 25.5 Å². The van der Waals surface area contributed by atoms with Crippen molar-refractivity contribution in [3.8, 4) is 11.5 Å². The molecular formula is C25H34O4. The molecule has 0 saturated carbocycles. The summed E-state index contributed by atoms with van der Waals surface area (Å²) in [5.74, 6) is 1.78. The molecule has 2 atom stereocenters. The molecule has 1 heterocycles. The molecule has 1 aliphatic carbocycles. The smallest absolute Gasteiger partial charge is 0.308 e. The van der Waals surface area contributed by atoms with Crippen molar-refractivity contribution in [3.63, 3.8) is 0 Å². The highest BCUT2D eigenvalue weighted by Crippen LogP contribution is 2.55. The summed E-state index contributed by atoms with van der Waals surface area (Å²) in [5, 5.41) is 0. The molecule has 3 rings (SSSR count). The molecule has 29 heavy (non-hydrogen) atoms. The van der Waals surface area contributed by atoms with E-state index >= 15 is 0 Å². The van der Waals surface area contributed by atoms with Gasteiger partial charge in [-0.05, 0) is 69.6 Å². The Labute approximate surface area is 174 Å². The normalized spacial score (nSPS) is 22.6. The van der Waals surface area contributed by atoms with Gasteiger partial charge in [0.1, 0.15) is 23.4 Å². The van der Waals surface area contributed by atoms with Gasteiger partial charge in [-0.3, -0.25) is 4.79 Å². The third kappa shape index (κ3) is 4.41. The number of rotatable bonds is 6. The van der Waals surface area contributed by atoms with E-state index in [0.717, 1.165) is 48.8 Å². The molecule has 1 aliphatic heterocycles. The van der Waals surface area contributed by atoms with E-state index in [1.807, 2.05) is 6.07 Å². The summed E-state index contributed by atoms with van der Waals surface area (Å²) >= 11 is 0. The van der Waals surface area contributed by atoms with Crippen LogP contribution in [0.3, 0.4) is 0 Å². The topological polar surface area (TPSA) is 52.6 Å². The van der Waals surface area contributed by atoms with Crippen molar-refractivity contribution in [2.45, 2.75) is 90.6 Å². The van der Waals surface area contributed by atoms with E-state index < -0.39 is 0 Å². The van der Waals surface area contributed by atoms with Gasteiger partial charge in [0, 0.05) is 30.7 Å². The number of benzene rings is 1. The van der Waals surface area contributed by atoms with Gasteiger partial charge in [-0.25, -0.2) is 0 Å². The quantitative estimate of drug-likeness (QED) is 0.198. The minimum absolute atomic E-state index is 0.153. The summed E-state index contributed by atoms with van der Waals surface area (Å²) in [5.41, 5.74) is 3.05. The Hall–Kier alpha value is -2.10. The molecular weight excluding hydrogens is 364 g/mol. The van der Waals surface area contributed by atoms with Crippen LogP contribution in [-0.2, 0) is 15.0 Å². The van der Waals surface area contributed by atoms with Crippen LogP contribution in [0.25, 0.3) is 0 Å². The average molecular weight is 399 g/mol. The van der Waals surface area contributed by atoms with E-state index in [1.54, 1.807) is 0 Å². The summed E-state index contributed by atoms with van der Waals surface area (Å²) in [6, 6.07) is 4.16. The van der Waals surface area contributed by atoms with E-state index in [9.17, 15) is 9.59 Å². The fourth-order valence-corrected chi connectivity index (χ4v) is 4.95. The standard InChI is InChI=1S/C25H34O4/c1-16-9-10-20-19(13-16)23-21(28-17(2)27)14-18(15-22(23)29-25(20,5)6)24(3,4)11-7-8-12-26/h9,12,14-15,19-20H,7-8,10-11,13H2,1-6H3/t19-,20-/m1/s1. The maximum absolute atomic E-state index is 11.9. The molecule has 0 unspecified atom stereocenters. The SMILES string of the molecule is CC(=O)Oc1cc(C(C)(C)CCCC=O)cc2c1[C@@H]1CC(C)=CC[C@H]1C(C)(C)O2. The second kappa shape index (κ2) is 7.97. The predicted molar refractivity (Wildman–Crippen MR) is 115 cm³/mol. The first-order chi connectivity index (χ1) is 13.5. The first-order valence-electron chi connectivity index (χ1n) is 10.7. The van der Waals surface area contributed by atoms with Crippen LogP contribution in [0.1, 0.15) is 90.7 Å². The van der Waals surface area contributed by atoms with E-state index in [1.165, 1.54) is 12.5 Å². The van der Waals surface area contributed by atoms with Crippen LogP contribution in [0, 0.1) is 5.92 Å². The van der Waals surface area contributed by atoms with Gasteiger partial charge in [-0.2, -0.15) is 0 Å². The Kier molecular flexibility index (Phi) is 5.93. The zero-order valence-electron chi connectivity index (χ0n) is 18.6. The van der Waals surface area contributed by atoms with Gasteiger partial charge in [0.25, 0.3) is 0 Å². The number of esters is 1. The Morgan fingerprint density at radius 2 is 2.07 bits per heavy atom. The Morgan fingerprint density at radius 1 is 1.34 bits per heavy atom. The van der Waals surface area contributed by atoms with E-state index in [2.05, 4.69) is 46.8 Å². The maximum atomic E-state index is 11.9. The summed E-state index contributed by atoms with van der Waals surface area (Å²) in [6.07, 6.45) is 7.48. The first-order valence-corrected chi connectivity index (χ1v) is 10.7. The number of carbonyl (C=O) groups is 2. The van der Waals surface area contributed by atoms with Crippen molar-refractivity contribution in [1.29, 1.82) is 0 Å². The fourth-order valence-electron chi connectivity index (χ4n) is 4.95. The van der Waals surface area contributed by atoms with Crippen molar-refractivity contribution >= 4 is 12.3 Å². The first kappa shape index (κ1) is 21.6. The van der Waals surface area contributed by atoms with Crippen LogP contribution in [0.2, 0.25) is 0 Å². The molecule has 0 spiro atoms. The third-order valence-corrected chi connectivity index (χ3v) is 6.65. The van der Waals surface area contributed by atoms with E-state index in [0.29, 0.717) is 18.1 Å². The van der Waals surface area contributed by atoms with Crippen LogP contribution in [0.15, 0.2) is 23.8 Å². The van der Waals surface area contributed by atoms with Gasteiger partial charge in [0.05, 0.1) is 0 Å². The number of unbranched alkanes of at least 4 members (excludes halogenated alkanes) is 1. The lowest BCUT2D eigenvalue weighted by atomic mass is 9.66. The van der Waals surface area contributed by atoms with Gasteiger partial charge in [-0.15, -0.1) is 0 Å². The van der Waals surface area contributed by atoms with Crippen molar-refractivity contribution in [3.05, 3.63) is 34.9 Å². The molecule has 4 heteroatoms. The summed E-state index contributed by atoms with van der Waals surface area (Å²) in [6.45, 7) is 12.3. The number of hydrogen-bond donors (Lipinski definition) is 0. The highest BCUT2D eigenvalue weighted by Gasteiger charge is 2.46. The number of allylic oxidation sites excluding steroid dienone is 2. The van der Waals surface area contributed by atoms with Crippen molar-refractivity contribution in [1.82, 2.24) is 0 Å². The van der Waals surface area contributed by atoms with Crippen LogP contribution >= 0.6 is 0 Å². The molecule has 158 valence electrons. The highest BCUT2D eigenvalue weighted by atomic mass is 16.5. The lowest BCUT2D eigenvalue weighted by Gasteiger charge is -2.47. The third-order valence-electron chi connectivity index (χ3n) is 6.65. The van der Waals surface area contributed by atoms with Crippen molar-refractivity contribution < 1.29 is 19.1 Å². The number of carbonyl (C=O) groups excluding carboxylic acids is 2. The summed E-state index contributed by atoms with van der Waals surface area (Å²) in [4.78, 5) is 22.7. The number of fused-ring (bicyclic) bond motifs is 3. The molecule has 1 aromatic carbocycles. The maximum Gasteiger partial charge on any atom is 0.308 e. The van der Waals surface area contributed by atoms with Crippen LogP contribution in [0.5, 0.6) is 11.5 Å². The number of hydrogen-bond acceptors (Lipinski definition) is 4. The lowest BCUT2D eigenvalue weighted by Crippen LogP contribution is -2.45. The van der Waals surface area contributed by atoms with Crippen LogP contribution < -0.4 is 9.47 Å². The fraction of sp³-hybridized carbons (Fsp3) is 0.600. The monoisotopic (exact) mass is 398 g/mol. The number of ether oxygens (including phenoxy) is 2. The number of aldehydes is 1. The molecule has 0 amide bonds. The molecule has 1 aromatic rings. The Balaban J connectivity index is 2.11. The molecule has 4 nitrogen and oxygen atoms in total. The van der Waals surface area contributed by atoms with Gasteiger partial charge in [0.15, 0.2) is 0 Å². The molecule has 2 aliphatic rings. The Morgan fingerprint density at radius 3 is 2.72 bits per heavy atom. The highest BCUT2D eigenvalue weighted by molar-refractivity contribution is 5.71. The van der Waals surface area contributed by atoms with Gasteiger partial charge in [0.2, 0.25) is 0 Å². The Bertz CT molecular complexity index is 831. The second-order valence-corrected chi connectivity index (χ2v) is 9.83.